The van der Waals surface area contributed by atoms with Crippen LogP contribution in [-0.2, 0) is 16.4 Å². The minimum absolute atomic E-state index is 0.0176. The number of nitrogens with one attached hydrogen (secondary N) is 1. The molecule has 10 heteroatoms. The van der Waals surface area contributed by atoms with Crippen LogP contribution in [0.5, 0.6) is 0 Å². The van der Waals surface area contributed by atoms with Crippen molar-refractivity contribution in [2.45, 2.75) is 24.3 Å². The largest absolute Gasteiger partial charge is 0.475 e. The van der Waals surface area contributed by atoms with E-state index in [-0.39, 0.29) is 23.2 Å². The molecule has 0 aliphatic carbocycles. The molecule has 6 rings (SSSR count). The van der Waals surface area contributed by atoms with Gasteiger partial charge in [-0.25, -0.2) is 13.2 Å². The minimum atomic E-state index is -4.09. The molecule has 2 aromatic heterocycles. The van der Waals surface area contributed by atoms with E-state index >= 15 is 0 Å². The summed E-state index contributed by atoms with van der Waals surface area (Å²) in [6.45, 7) is 3.98. The average Bonchev–Trinajstić information content (AvgIpc) is 3.38. The number of aromatic carboxylic acids is 1. The van der Waals surface area contributed by atoms with Crippen molar-refractivity contribution >= 4 is 38.3 Å². The quantitative estimate of drug-likeness (QED) is 0.232. The molecule has 0 saturated carbocycles. The molecule has 3 heterocycles. The third-order valence-electron chi connectivity index (χ3n) is 7.93. The third kappa shape index (κ3) is 5.59. The lowest BCUT2D eigenvalue weighted by atomic mass is 10.0. The van der Waals surface area contributed by atoms with Gasteiger partial charge in [0.25, 0.3) is 10.0 Å². The number of hydrogen-bond donors (Lipinski definition) is 2. The first-order valence-corrected chi connectivity index (χ1v) is 15.6. The Bertz CT molecular complexity index is 1860. The van der Waals surface area contributed by atoms with E-state index in [1.54, 1.807) is 19.3 Å². The molecule has 43 heavy (non-hydrogen) atoms. The molecular formula is C33H32N4O5S. The van der Waals surface area contributed by atoms with Crippen LogP contribution in [0.25, 0.3) is 11.0 Å². The first-order valence-electron chi connectivity index (χ1n) is 14.1. The molecule has 0 spiro atoms. The van der Waals surface area contributed by atoms with Gasteiger partial charge in [0.1, 0.15) is 5.58 Å². The van der Waals surface area contributed by atoms with Crippen LogP contribution in [0.3, 0.4) is 0 Å². The molecular weight excluding hydrogens is 564 g/mol. The second kappa shape index (κ2) is 11.9. The topological polar surface area (TPSA) is 116 Å². The van der Waals surface area contributed by atoms with Crippen LogP contribution in [-0.4, -0.2) is 50.7 Å². The van der Waals surface area contributed by atoms with Gasteiger partial charge in [0.2, 0.25) is 5.76 Å². The van der Waals surface area contributed by atoms with Crippen molar-refractivity contribution < 1.29 is 22.7 Å². The van der Waals surface area contributed by atoms with E-state index in [2.05, 4.69) is 15.2 Å². The van der Waals surface area contributed by atoms with Gasteiger partial charge in [0.05, 0.1) is 22.3 Å². The number of sulfonamides is 1. The second-order valence-electron chi connectivity index (χ2n) is 10.5. The number of fused-ring (bicyclic) bond motifs is 1. The number of furan rings is 1. The zero-order chi connectivity index (χ0) is 30.0. The number of aryl methyl sites for hydroxylation is 1. The van der Waals surface area contributed by atoms with Crippen LogP contribution in [0.15, 0.2) is 107 Å². The molecule has 1 atom stereocenters. The Morgan fingerprint density at radius 1 is 1.05 bits per heavy atom. The maximum Gasteiger partial charge on any atom is 0.372 e. The highest BCUT2D eigenvalue weighted by Crippen LogP contribution is 2.39. The van der Waals surface area contributed by atoms with Crippen LogP contribution in [0.2, 0.25) is 0 Å². The van der Waals surface area contributed by atoms with Crippen molar-refractivity contribution in [2.75, 3.05) is 35.4 Å². The van der Waals surface area contributed by atoms with E-state index in [1.165, 1.54) is 22.5 Å². The molecule has 1 aliphatic rings. The summed E-state index contributed by atoms with van der Waals surface area (Å²) in [5.74, 6) is -1.40. The Kier molecular flexibility index (Phi) is 7.88. The summed E-state index contributed by atoms with van der Waals surface area (Å²) in [6, 6.07) is 25.9. The zero-order valence-electron chi connectivity index (χ0n) is 23.7. The summed E-state index contributed by atoms with van der Waals surface area (Å²) < 4.78 is 36.1. The molecule has 1 fully saturated rings. The molecule has 9 nitrogen and oxygen atoms in total. The van der Waals surface area contributed by atoms with E-state index in [1.807, 2.05) is 66.7 Å². The highest BCUT2D eigenvalue weighted by Gasteiger charge is 2.32. The Hall–Kier alpha value is -4.67. The van der Waals surface area contributed by atoms with Crippen LogP contribution in [0, 0.1) is 6.92 Å². The fourth-order valence-electron chi connectivity index (χ4n) is 5.73. The Labute approximate surface area is 250 Å². The number of carboxylic acid groups (broad SMARTS) is 1. The van der Waals surface area contributed by atoms with Gasteiger partial charge in [-0.3, -0.25) is 9.29 Å². The summed E-state index contributed by atoms with van der Waals surface area (Å²) in [7, 11) is -4.09. The molecule has 1 aliphatic heterocycles. The minimum Gasteiger partial charge on any atom is -0.475 e. The monoisotopic (exact) mass is 596 g/mol. The van der Waals surface area contributed by atoms with E-state index in [9.17, 15) is 18.3 Å². The Balaban J connectivity index is 1.46. The molecule has 1 unspecified atom stereocenters. The van der Waals surface area contributed by atoms with Gasteiger partial charge < -0.3 is 19.7 Å². The fraction of sp³-hybridized carbons (Fsp3) is 0.212. The van der Waals surface area contributed by atoms with Crippen LogP contribution < -0.4 is 14.5 Å². The predicted molar refractivity (Wildman–Crippen MR) is 166 cm³/mol. The van der Waals surface area contributed by atoms with Crippen LogP contribution in [0.1, 0.15) is 33.3 Å². The van der Waals surface area contributed by atoms with Crippen molar-refractivity contribution in [1.29, 1.82) is 0 Å². The highest BCUT2D eigenvalue weighted by molar-refractivity contribution is 7.92. The lowest BCUT2D eigenvalue weighted by molar-refractivity contribution is 0.0664. The van der Waals surface area contributed by atoms with Crippen LogP contribution >= 0.6 is 0 Å². The third-order valence-corrected chi connectivity index (χ3v) is 9.74. The summed E-state index contributed by atoms with van der Waals surface area (Å²) in [5.41, 5.74) is 4.21. The lowest BCUT2D eigenvalue weighted by Crippen LogP contribution is -2.47. The maximum atomic E-state index is 14.6. The predicted octanol–water partition coefficient (Wildman–Crippen LogP) is 5.42. The number of anilines is 2. The van der Waals surface area contributed by atoms with E-state index in [0.29, 0.717) is 41.7 Å². The average molecular weight is 597 g/mol. The van der Waals surface area contributed by atoms with Crippen molar-refractivity contribution in [3.63, 3.8) is 0 Å². The fourth-order valence-corrected chi connectivity index (χ4v) is 7.24. The summed E-state index contributed by atoms with van der Waals surface area (Å²) >= 11 is 0. The van der Waals surface area contributed by atoms with Gasteiger partial charge in [-0.15, -0.1) is 0 Å². The smallest absolute Gasteiger partial charge is 0.372 e. The molecule has 5 aromatic rings. The summed E-state index contributed by atoms with van der Waals surface area (Å²) in [4.78, 5) is 18.2. The lowest BCUT2D eigenvalue weighted by Gasteiger charge is -2.40. The van der Waals surface area contributed by atoms with Gasteiger partial charge in [-0.1, -0.05) is 42.5 Å². The van der Waals surface area contributed by atoms with Crippen molar-refractivity contribution in [3.8, 4) is 0 Å². The molecule has 1 saturated heterocycles. The molecule has 0 radical (unpaired) electrons. The number of pyridine rings is 1. The number of aromatic nitrogens is 1. The number of hydrogen-bond acceptors (Lipinski definition) is 7. The number of para-hydroxylation sites is 2. The van der Waals surface area contributed by atoms with Gasteiger partial charge >= 0.3 is 5.97 Å². The summed E-state index contributed by atoms with van der Waals surface area (Å²) in [6.07, 6.45) is 4.04. The van der Waals surface area contributed by atoms with E-state index < -0.39 is 16.0 Å². The number of nitrogens with zero attached hydrogens (tertiary/aromatic N) is 3. The normalized spacial score (nSPS) is 15.5. The number of carboxylic acids is 1. The first kappa shape index (κ1) is 28.4. The molecule has 3 aromatic carbocycles. The molecule has 0 bridgehead atoms. The highest BCUT2D eigenvalue weighted by atomic mass is 32.2. The number of benzene rings is 3. The zero-order valence-corrected chi connectivity index (χ0v) is 24.5. The Morgan fingerprint density at radius 2 is 1.79 bits per heavy atom. The maximum absolute atomic E-state index is 14.6. The van der Waals surface area contributed by atoms with Gasteiger partial charge in [0, 0.05) is 49.5 Å². The first-order chi connectivity index (χ1) is 20.8. The molecule has 220 valence electrons. The van der Waals surface area contributed by atoms with Crippen molar-refractivity contribution in [1.82, 2.24) is 10.3 Å². The van der Waals surface area contributed by atoms with E-state index in [0.717, 1.165) is 23.4 Å². The van der Waals surface area contributed by atoms with Gasteiger partial charge in [-0.05, 0) is 66.9 Å². The Morgan fingerprint density at radius 3 is 2.56 bits per heavy atom. The standard InChI is InChI=1S/C33H32N4O5S/c1-23-27-21-26(11-12-31(27)42-32(23)33(38)39)43(40,41)37(19-15-24-7-3-2-4-8-24)29-10-6-5-9-28(29)36-20-18-35-22-30(36)25-13-16-34-17-14-25/h2-14,16-17,21,30,35H,15,18-20,22H2,1H3,(H,38,39). The molecule has 2 N–H and O–H groups in total. The number of rotatable bonds is 9. The van der Waals surface area contributed by atoms with Crippen molar-refractivity contribution in [2.24, 2.45) is 0 Å². The molecule has 0 amide bonds. The SMILES string of the molecule is Cc1c(C(=O)O)oc2ccc(S(=O)(=O)N(CCc3ccccc3)c3ccccc3N3CCNCC3c3ccncc3)cc12. The van der Waals surface area contributed by atoms with Gasteiger partial charge in [-0.2, -0.15) is 0 Å². The van der Waals surface area contributed by atoms with Gasteiger partial charge in [0.15, 0.2) is 0 Å². The number of piperazine rings is 1. The second-order valence-corrected chi connectivity index (χ2v) is 12.4. The summed E-state index contributed by atoms with van der Waals surface area (Å²) in [5, 5.41) is 13.5. The van der Waals surface area contributed by atoms with Crippen LogP contribution in [0.4, 0.5) is 11.4 Å². The van der Waals surface area contributed by atoms with E-state index in [4.69, 9.17) is 4.42 Å². The number of carbonyl (C=O) groups is 1. The van der Waals surface area contributed by atoms with Crippen molar-refractivity contribution in [3.05, 3.63) is 120 Å².